The highest BCUT2D eigenvalue weighted by Gasteiger charge is 2.41. The van der Waals surface area contributed by atoms with Gasteiger partial charge in [0.2, 0.25) is 0 Å². The van der Waals surface area contributed by atoms with E-state index in [0.717, 1.165) is 32.4 Å². The van der Waals surface area contributed by atoms with Crippen molar-refractivity contribution in [2.24, 2.45) is 5.92 Å². The van der Waals surface area contributed by atoms with Crippen molar-refractivity contribution in [1.82, 2.24) is 9.88 Å². The molecule has 3 fully saturated rings. The minimum atomic E-state index is -0.215. The fraction of sp³-hybridized carbons (Fsp3) is 0.444. The van der Waals surface area contributed by atoms with Crippen molar-refractivity contribution < 1.29 is 5.11 Å². The second kappa shape index (κ2) is 5.00. The van der Waals surface area contributed by atoms with Crippen LogP contribution in [0.5, 0.6) is 0 Å². The summed E-state index contributed by atoms with van der Waals surface area (Å²) in [5.74, 6) is 0.598. The number of aliphatic hydroxyl groups is 1. The van der Waals surface area contributed by atoms with Gasteiger partial charge >= 0.3 is 0 Å². The highest BCUT2D eigenvalue weighted by atomic mass is 16.3. The molecule has 0 spiro atoms. The third kappa shape index (κ3) is 2.21. The minimum absolute atomic E-state index is 0.181. The topological polar surface area (TPSA) is 39.3 Å². The van der Waals surface area contributed by atoms with Crippen molar-refractivity contribution in [1.29, 1.82) is 0 Å². The second-order valence-corrected chi connectivity index (χ2v) is 6.58. The van der Waals surface area contributed by atoms with Crippen molar-refractivity contribution in [2.75, 3.05) is 13.1 Å². The number of nitrogens with one attached hydrogen (secondary N) is 1. The van der Waals surface area contributed by atoms with Crippen LogP contribution in [0, 0.1) is 5.92 Å². The Morgan fingerprint density at radius 3 is 3.00 bits per heavy atom. The molecule has 2 bridgehead atoms. The third-order valence-corrected chi connectivity index (χ3v) is 5.14. The van der Waals surface area contributed by atoms with Gasteiger partial charge in [-0.15, -0.1) is 0 Å². The Balaban J connectivity index is 1.51. The quantitative estimate of drug-likeness (QED) is 0.850. The third-order valence-electron chi connectivity index (χ3n) is 5.14. The SMILES string of the molecule is C=C1C[C@H]2C[C@H](O)[C@@H]1N(CCc1c[nH]c3ccccc13)C2. The first-order valence-electron chi connectivity index (χ1n) is 7.87. The summed E-state index contributed by atoms with van der Waals surface area (Å²) >= 11 is 0. The summed E-state index contributed by atoms with van der Waals surface area (Å²) in [7, 11) is 0. The van der Waals surface area contributed by atoms with Gasteiger partial charge in [0.25, 0.3) is 0 Å². The number of H-pyrrole nitrogens is 1. The van der Waals surface area contributed by atoms with Crippen LogP contribution >= 0.6 is 0 Å². The maximum atomic E-state index is 10.3. The number of piperidine rings is 2. The fourth-order valence-electron chi connectivity index (χ4n) is 4.24. The van der Waals surface area contributed by atoms with Crippen LogP contribution in [0.15, 0.2) is 42.6 Å². The number of rotatable bonds is 3. The first-order chi connectivity index (χ1) is 10.2. The molecule has 3 heterocycles. The molecule has 1 aromatic carbocycles. The number of hydrogen-bond acceptors (Lipinski definition) is 2. The van der Waals surface area contributed by atoms with E-state index in [-0.39, 0.29) is 12.1 Å². The molecule has 5 rings (SSSR count). The van der Waals surface area contributed by atoms with Crippen LogP contribution < -0.4 is 0 Å². The van der Waals surface area contributed by atoms with Gasteiger partial charge in [0.15, 0.2) is 0 Å². The lowest BCUT2D eigenvalue weighted by Gasteiger charge is -2.49. The fourth-order valence-corrected chi connectivity index (χ4v) is 4.24. The van der Waals surface area contributed by atoms with Gasteiger partial charge in [-0.2, -0.15) is 0 Å². The van der Waals surface area contributed by atoms with E-state index < -0.39 is 0 Å². The molecule has 2 aromatic rings. The normalized spacial score (nSPS) is 29.4. The van der Waals surface area contributed by atoms with Crippen LogP contribution in [0.4, 0.5) is 0 Å². The molecule has 110 valence electrons. The van der Waals surface area contributed by atoms with Crippen LogP contribution in [0.3, 0.4) is 0 Å². The molecule has 1 aliphatic carbocycles. The number of fused-ring (bicyclic) bond motifs is 4. The average Bonchev–Trinajstić information content (AvgIpc) is 2.87. The molecule has 3 nitrogen and oxygen atoms in total. The lowest BCUT2D eigenvalue weighted by Crippen LogP contribution is -2.57. The number of aromatic nitrogens is 1. The molecule has 0 radical (unpaired) electrons. The predicted octanol–water partition coefficient (Wildman–Crippen LogP) is 2.72. The molecular formula is C18H22N2O. The van der Waals surface area contributed by atoms with E-state index in [2.05, 4.69) is 46.9 Å². The number of aliphatic hydroxyl groups excluding tert-OH is 1. The van der Waals surface area contributed by atoms with E-state index in [0.29, 0.717) is 5.92 Å². The van der Waals surface area contributed by atoms with Crippen LogP contribution in [-0.4, -0.2) is 40.2 Å². The summed E-state index contributed by atoms with van der Waals surface area (Å²) < 4.78 is 0. The van der Waals surface area contributed by atoms with Crippen molar-refractivity contribution in [3.05, 3.63) is 48.2 Å². The Bertz CT molecular complexity index is 675. The second-order valence-electron chi connectivity index (χ2n) is 6.58. The summed E-state index contributed by atoms with van der Waals surface area (Å²) in [6, 6.07) is 8.63. The van der Waals surface area contributed by atoms with Crippen LogP contribution in [0.1, 0.15) is 18.4 Å². The lowest BCUT2D eigenvalue weighted by atomic mass is 9.75. The zero-order chi connectivity index (χ0) is 14.4. The van der Waals surface area contributed by atoms with Crippen LogP contribution in [0.25, 0.3) is 10.9 Å². The van der Waals surface area contributed by atoms with E-state index >= 15 is 0 Å². The van der Waals surface area contributed by atoms with Gasteiger partial charge in [0, 0.05) is 30.2 Å². The Hall–Kier alpha value is -1.58. The Kier molecular flexibility index (Phi) is 3.12. The summed E-state index contributed by atoms with van der Waals surface area (Å²) in [6.07, 6.45) is 4.98. The molecule has 3 heteroatoms. The molecule has 2 saturated heterocycles. The van der Waals surface area contributed by atoms with E-state index in [4.69, 9.17) is 0 Å². The van der Waals surface area contributed by atoms with Gasteiger partial charge < -0.3 is 10.1 Å². The predicted molar refractivity (Wildman–Crippen MR) is 85.2 cm³/mol. The van der Waals surface area contributed by atoms with Gasteiger partial charge in [-0.25, -0.2) is 0 Å². The summed E-state index contributed by atoms with van der Waals surface area (Å²) in [6.45, 7) is 6.30. The lowest BCUT2D eigenvalue weighted by molar-refractivity contribution is -0.0232. The van der Waals surface area contributed by atoms with E-state index in [1.807, 2.05) is 0 Å². The first kappa shape index (κ1) is 13.1. The van der Waals surface area contributed by atoms with Crippen molar-refractivity contribution >= 4 is 10.9 Å². The zero-order valence-electron chi connectivity index (χ0n) is 12.3. The van der Waals surface area contributed by atoms with Gasteiger partial charge in [-0.1, -0.05) is 30.4 Å². The standard InChI is InChI=1S/C18H22N2O/c1-12-8-13-9-17(21)18(12)20(11-13)7-6-14-10-19-16-5-3-2-4-15(14)16/h2-5,10,13,17-19,21H,1,6-9,11H2/t13-,17-,18+/m0/s1. The van der Waals surface area contributed by atoms with Crippen molar-refractivity contribution in [2.45, 2.75) is 31.4 Å². The Labute approximate surface area is 125 Å². The van der Waals surface area contributed by atoms with Gasteiger partial charge in [-0.3, -0.25) is 4.90 Å². The van der Waals surface area contributed by atoms with E-state index in [1.165, 1.54) is 22.0 Å². The first-order valence-corrected chi connectivity index (χ1v) is 7.87. The van der Waals surface area contributed by atoms with Gasteiger partial charge in [-0.05, 0) is 36.8 Å². The smallest absolute Gasteiger partial charge is 0.0736 e. The van der Waals surface area contributed by atoms with Crippen LogP contribution in [-0.2, 0) is 6.42 Å². The minimum Gasteiger partial charge on any atom is -0.391 e. The monoisotopic (exact) mass is 282 g/mol. The van der Waals surface area contributed by atoms with E-state index in [1.54, 1.807) is 0 Å². The molecule has 0 unspecified atom stereocenters. The Morgan fingerprint density at radius 2 is 2.19 bits per heavy atom. The Morgan fingerprint density at radius 1 is 1.33 bits per heavy atom. The molecule has 1 aromatic heterocycles. The van der Waals surface area contributed by atoms with Crippen molar-refractivity contribution in [3.8, 4) is 0 Å². The highest BCUT2D eigenvalue weighted by Crippen LogP contribution is 2.38. The van der Waals surface area contributed by atoms with Gasteiger partial charge in [0.05, 0.1) is 12.1 Å². The molecule has 3 aliphatic rings. The molecule has 1 saturated carbocycles. The highest BCUT2D eigenvalue weighted by molar-refractivity contribution is 5.83. The molecule has 0 amide bonds. The van der Waals surface area contributed by atoms with E-state index in [9.17, 15) is 5.11 Å². The average molecular weight is 282 g/mol. The summed E-state index contributed by atoms with van der Waals surface area (Å²) in [5.41, 5.74) is 3.80. The number of benzene rings is 1. The maximum Gasteiger partial charge on any atom is 0.0736 e. The number of para-hydroxylation sites is 1. The number of hydrogen-bond donors (Lipinski definition) is 2. The number of aromatic amines is 1. The molecule has 2 aliphatic heterocycles. The van der Waals surface area contributed by atoms with Crippen LogP contribution in [0.2, 0.25) is 0 Å². The molecular weight excluding hydrogens is 260 g/mol. The van der Waals surface area contributed by atoms with Crippen molar-refractivity contribution in [3.63, 3.8) is 0 Å². The van der Waals surface area contributed by atoms with Gasteiger partial charge in [0.1, 0.15) is 0 Å². The molecule has 21 heavy (non-hydrogen) atoms. The molecule has 3 atom stereocenters. The zero-order valence-corrected chi connectivity index (χ0v) is 12.3. The largest absolute Gasteiger partial charge is 0.391 e. The summed E-state index contributed by atoms with van der Waals surface area (Å²) in [4.78, 5) is 5.78. The molecule has 2 N–H and O–H groups in total. The number of nitrogens with zero attached hydrogens (tertiary/aromatic N) is 1. The maximum absolute atomic E-state index is 10.3. The summed E-state index contributed by atoms with van der Waals surface area (Å²) in [5, 5.41) is 11.6.